The standard InChI is InChI=1S/C19H13F2NO6/c20-19(21)27-13-6-3-5-12(8-13)17-22-14(18(25)28-17)9-11-4-1-2-7-15(11)26-10-16(23)24/h1-9,19H,10H2,(H,23,24)/b14-9+. The number of carboxylic acid groups (broad SMARTS) is 1. The highest BCUT2D eigenvalue weighted by Gasteiger charge is 2.25. The molecule has 2 aromatic rings. The van der Waals surface area contributed by atoms with Gasteiger partial charge in [-0.15, -0.1) is 0 Å². The minimum atomic E-state index is -2.99. The fourth-order valence-electron chi connectivity index (χ4n) is 2.36. The number of para-hydroxylation sites is 1. The van der Waals surface area contributed by atoms with Crippen LogP contribution in [-0.4, -0.2) is 36.2 Å². The van der Waals surface area contributed by atoms with Gasteiger partial charge in [0.15, 0.2) is 12.3 Å². The van der Waals surface area contributed by atoms with Crippen LogP contribution in [0.4, 0.5) is 8.78 Å². The van der Waals surface area contributed by atoms with E-state index in [1.165, 1.54) is 30.3 Å². The van der Waals surface area contributed by atoms with E-state index >= 15 is 0 Å². The molecular weight excluding hydrogens is 376 g/mol. The van der Waals surface area contributed by atoms with Crippen molar-refractivity contribution >= 4 is 23.9 Å². The van der Waals surface area contributed by atoms with Crippen LogP contribution in [0.25, 0.3) is 6.08 Å². The Kier molecular flexibility index (Phi) is 5.64. The molecule has 28 heavy (non-hydrogen) atoms. The molecule has 9 heteroatoms. The number of carbonyl (C=O) groups is 2. The minimum Gasteiger partial charge on any atom is -0.481 e. The highest BCUT2D eigenvalue weighted by molar-refractivity contribution is 6.13. The third-order valence-corrected chi connectivity index (χ3v) is 3.49. The Morgan fingerprint density at radius 1 is 1.21 bits per heavy atom. The van der Waals surface area contributed by atoms with E-state index in [0.717, 1.165) is 0 Å². The number of benzene rings is 2. The van der Waals surface area contributed by atoms with Gasteiger partial charge in [-0.2, -0.15) is 8.78 Å². The molecule has 7 nitrogen and oxygen atoms in total. The molecule has 1 aliphatic rings. The second-order valence-electron chi connectivity index (χ2n) is 5.46. The normalized spacial score (nSPS) is 14.8. The van der Waals surface area contributed by atoms with Crippen LogP contribution < -0.4 is 9.47 Å². The molecule has 1 heterocycles. The summed E-state index contributed by atoms with van der Waals surface area (Å²) in [6.07, 6.45) is 1.38. The maximum absolute atomic E-state index is 12.4. The van der Waals surface area contributed by atoms with Crippen LogP contribution in [-0.2, 0) is 14.3 Å². The second kappa shape index (κ2) is 8.30. The van der Waals surface area contributed by atoms with Gasteiger partial charge in [-0.3, -0.25) is 0 Å². The van der Waals surface area contributed by atoms with Gasteiger partial charge in [-0.05, 0) is 30.3 Å². The fraction of sp³-hybridized carbons (Fsp3) is 0.105. The van der Waals surface area contributed by atoms with E-state index in [1.807, 2.05) is 0 Å². The van der Waals surface area contributed by atoms with Gasteiger partial charge in [-0.25, -0.2) is 14.6 Å². The number of carboxylic acids is 1. The Balaban J connectivity index is 1.87. The van der Waals surface area contributed by atoms with Crippen LogP contribution in [0.1, 0.15) is 11.1 Å². The quantitative estimate of drug-likeness (QED) is 0.578. The van der Waals surface area contributed by atoms with Crippen molar-refractivity contribution in [3.05, 3.63) is 65.4 Å². The lowest BCUT2D eigenvalue weighted by Gasteiger charge is -2.06. The molecular formula is C19H13F2NO6. The van der Waals surface area contributed by atoms with E-state index in [9.17, 15) is 18.4 Å². The van der Waals surface area contributed by atoms with Crippen molar-refractivity contribution in [1.29, 1.82) is 0 Å². The number of aliphatic imine (C=N–C) groups is 1. The molecule has 1 aliphatic heterocycles. The molecule has 0 amide bonds. The van der Waals surface area contributed by atoms with Gasteiger partial charge in [0, 0.05) is 11.1 Å². The summed E-state index contributed by atoms with van der Waals surface area (Å²) in [7, 11) is 0. The van der Waals surface area contributed by atoms with Crippen LogP contribution in [0.2, 0.25) is 0 Å². The predicted molar refractivity (Wildman–Crippen MR) is 93.3 cm³/mol. The lowest BCUT2D eigenvalue weighted by atomic mass is 10.1. The first kappa shape index (κ1) is 19.0. The van der Waals surface area contributed by atoms with E-state index < -0.39 is 25.2 Å². The zero-order chi connectivity index (χ0) is 20.1. The van der Waals surface area contributed by atoms with E-state index in [4.69, 9.17) is 14.6 Å². The first-order valence-electron chi connectivity index (χ1n) is 7.94. The molecule has 0 saturated heterocycles. The van der Waals surface area contributed by atoms with Gasteiger partial charge in [0.05, 0.1) is 0 Å². The van der Waals surface area contributed by atoms with Crippen molar-refractivity contribution in [3.63, 3.8) is 0 Å². The summed E-state index contributed by atoms with van der Waals surface area (Å²) < 4.78 is 39.3. The lowest BCUT2D eigenvalue weighted by Crippen LogP contribution is -2.10. The Hall–Kier alpha value is -3.75. The molecule has 0 bridgehead atoms. The number of esters is 1. The highest BCUT2D eigenvalue weighted by atomic mass is 19.3. The number of hydrogen-bond donors (Lipinski definition) is 1. The summed E-state index contributed by atoms with van der Waals surface area (Å²) in [6.45, 7) is -3.53. The first-order valence-corrected chi connectivity index (χ1v) is 7.94. The number of aliphatic carboxylic acids is 1. The molecule has 0 aliphatic carbocycles. The van der Waals surface area contributed by atoms with Crippen molar-refractivity contribution in [2.24, 2.45) is 4.99 Å². The fourth-order valence-corrected chi connectivity index (χ4v) is 2.36. The number of cyclic esters (lactones) is 1. The van der Waals surface area contributed by atoms with Crippen molar-refractivity contribution in [2.45, 2.75) is 6.61 Å². The Morgan fingerprint density at radius 3 is 2.75 bits per heavy atom. The van der Waals surface area contributed by atoms with Crippen molar-refractivity contribution < 1.29 is 37.7 Å². The molecule has 144 valence electrons. The lowest BCUT2D eigenvalue weighted by molar-refractivity contribution is -0.139. The molecule has 3 rings (SSSR count). The second-order valence-corrected chi connectivity index (χ2v) is 5.46. The number of halogens is 2. The molecule has 0 fully saturated rings. The van der Waals surface area contributed by atoms with E-state index in [2.05, 4.69) is 9.73 Å². The van der Waals surface area contributed by atoms with E-state index in [-0.39, 0.29) is 28.7 Å². The molecule has 0 spiro atoms. The third-order valence-electron chi connectivity index (χ3n) is 3.49. The molecule has 0 unspecified atom stereocenters. The van der Waals surface area contributed by atoms with Crippen LogP contribution in [0.5, 0.6) is 11.5 Å². The topological polar surface area (TPSA) is 94.4 Å². The maximum Gasteiger partial charge on any atom is 0.387 e. The number of hydrogen-bond acceptors (Lipinski definition) is 6. The molecule has 0 atom stereocenters. The summed E-state index contributed by atoms with van der Waals surface area (Å²) in [5.41, 5.74) is 0.655. The van der Waals surface area contributed by atoms with Crippen LogP contribution in [0.15, 0.2) is 59.2 Å². The largest absolute Gasteiger partial charge is 0.481 e. The summed E-state index contributed by atoms with van der Waals surface area (Å²) in [6, 6.07) is 12.1. The highest BCUT2D eigenvalue weighted by Crippen LogP contribution is 2.26. The van der Waals surface area contributed by atoms with Crippen molar-refractivity contribution in [2.75, 3.05) is 6.61 Å². The average Bonchev–Trinajstić information content (AvgIpc) is 3.01. The molecule has 1 N–H and O–H groups in total. The van der Waals surface area contributed by atoms with Gasteiger partial charge in [0.2, 0.25) is 5.90 Å². The van der Waals surface area contributed by atoms with Gasteiger partial charge in [0.1, 0.15) is 11.5 Å². The number of nitrogens with zero attached hydrogens (tertiary/aromatic N) is 1. The number of alkyl halides is 2. The van der Waals surface area contributed by atoms with Gasteiger partial charge >= 0.3 is 18.6 Å². The SMILES string of the molecule is O=C(O)COc1ccccc1/C=C1/N=C(c2cccc(OC(F)F)c2)OC1=O. The van der Waals surface area contributed by atoms with Crippen molar-refractivity contribution in [3.8, 4) is 11.5 Å². The van der Waals surface area contributed by atoms with Gasteiger partial charge in [-0.1, -0.05) is 24.3 Å². The monoisotopic (exact) mass is 389 g/mol. The third kappa shape index (κ3) is 4.70. The smallest absolute Gasteiger partial charge is 0.387 e. The molecule has 0 aromatic heterocycles. The summed E-state index contributed by atoms with van der Waals surface area (Å²) in [5.74, 6) is -1.81. The van der Waals surface area contributed by atoms with E-state index in [1.54, 1.807) is 24.3 Å². The Morgan fingerprint density at radius 2 is 2.00 bits per heavy atom. The van der Waals surface area contributed by atoms with Crippen LogP contribution in [0, 0.1) is 0 Å². The van der Waals surface area contributed by atoms with Crippen molar-refractivity contribution in [1.82, 2.24) is 0 Å². The summed E-state index contributed by atoms with van der Waals surface area (Å²) in [4.78, 5) is 26.9. The van der Waals surface area contributed by atoms with E-state index in [0.29, 0.717) is 5.56 Å². The first-order chi connectivity index (χ1) is 13.4. The zero-order valence-electron chi connectivity index (χ0n) is 14.2. The molecule has 2 aromatic carbocycles. The number of ether oxygens (including phenoxy) is 3. The van der Waals surface area contributed by atoms with Gasteiger partial charge in [0.25, 0.3) is 0 Å². The minimum absolute atomic E-state index is 0.0541. The summed E-state index contributed by atoms with van der Waals surface area (Å²) >= 11 is 0. The average molecular weight is 389 g/mol. The van der Waals surface area contributed by atoms with Crippen LogP contribution in [0.3, 0.4) is 0 Å². The number of carbonyl (C=O) groups excluding carboxylic acids is 1. The van der Waals surface area contributed by atoms with Gasteiger partial charge < -0.3 is 19.3 Å². The number of rotatable bonds is 7. The summed E-state index contributed by atoms with van der Waals surface area (Å²) in [5, 5.41) is 8.74. The molecule has 0 radical (unpaired) electrons. The Labute approximate surface area is 157 Å². The molecule has 0 saturated carbocycles. The zero-order valence-corrected chi connectivity index (χ0v) is 14.2. The predicted octanol–water partition coefficient (Wildman–Crippen LogP) is 3.10. The Bertz CT molecular complexity index is 970. The van der Waals surface area contributed by atoms with Crippen LogP contribution >= 0.6 is 0 Å². The maximum atomic E-state index is 12.4.